The Morgan fingerprint density at radius 3 is 2.11 bits per heavy atom. The summed E-state index contributed by atoms with van der Waals surface area (Å²) in [4.78, 5) is 4.06. The number of alkyl halides is 5. The molecule has 0 saturated heterocycles. The van der Waals surface area contributed by atoms with Gasteiger partial charge in [-0.3, -0.25) is 0 Å². The summed E-state index contributed by atoms with van der Waals surface area (Å²) in [6.45, 7) is -1.30. The molecule has 0 aliphatic rings. The minimum atomic E-state index is -4.78. The number of hydrogen-bond acceptors (Lipinski definition) is 4. The third kappa shape index (κ3) is 4.40. The molecule has 0 bridgehead atoms. The van der Waals surface area contributed by atoms with Crippen LogP contribution in [0.4, 0.5) is 22.0 Å². The predicted octanol–water partition coefficient (Wildman–Crippen LogP) is 3.92. The van der Waals surface area contributed by atoms with Gasteiger partial charge in [-0.2, -0.15) is 8.78 Å². The van der Waals surface area contributed by atoms with Crippen molar-refractivity contribution in [2.75, 3.05) is 6.61 Å². The van der Waals surface area contributed by atoms with Crippen LogP contribution < -0.4 is 4.74 Å². The van der Waals surface area contributed by atoms with Crippen molar-refractivity contribution in [1.29, 1.82) is 0 Å². The van der Waals surface area contributed by atoms with Crippen molar-refractivity contribution >= 4 is 0 Å². The molecule has 0 aliphatic heterocycles. The van der Waals surface area contributed by atoms with Gasteiger partial charge in [0.25, 0.3) is 5.92 Å². The molecule has 1 heterocycles. The monoisotopic (exact) mass is 385 g/mol. The summed E-state index contributed by atoms with van der Waals surface area (Å²) in [6, 6.07) is 10.1. The average Bonchev–Trinajstić information content (AvgIpc) is 3.11. The zero-order valence-corrected chi connectivity index (χ0v) is 13.5. The van der Waals surface area contributed by atoms with Crippen molar-refractivity contribution in [3.05, 3.63) is 60.4 Å². The molecule has 0 amide bonds. The highest BCUT2D eigenvalue weighted by Gasteiger charge is 2.31. The van der Waals surface area contributed by atoms with Gasteiger partial charge in [0, 0.05) is 11.1 Å². The van der Waals surface area contributed by atoms with Crippen LogP contribution in [0.25, 0.3) is 17.1 Å². The molecule has 2 aromatic carbocycles. The smallest absolute Gasteiger partial charge is 0.406 e. The summed E-state index contributed by atoms with van der Waals surface area (Å²) in [6.07, 6.45) is -3.44. The molecule has 0 radical (unpaired) electrons. The summed E-state index contributed by atoms with van der Waals surface area (Å²) < 4.78 is 68.5. The van der Waals surface area contributed by atoms with E-state index < -0.39 is 18.9 Å². The molecule has 0 atom stereocenters. The van der Waals surface area contributed by atoms with Crippen LogP contribution in [0.15, 0.2) is 54.9 Å². The maximum Gasteiger partial charge on any atom is 0.573 e. The normalized spacial score (nSPS) is 12.2. The fourth-order valence-electron chi connectivity index (χ4n) is 2.27. The standard InChI is InChI=1S/C17H12F5N3O2/c18-16(19,9-26)12-3-1-11(2-4-12)15-23-10-25(24-15)13-5-7-14(8-6-13)27-17(20,21)22/h1-8,10,26H,9H2. The Labute approximate surface area is 149 Å². The Bertz CT molecular complexity index is 906. The first-order chi connectivity index (χ1) is 12.7. The summed E-state index contributed by atoms with van der Waals surface area (Å²) >= 11 is 0. The van der Waals surface area contributed by atoms with Crippen molar-refractivity contribution < 1.29 is 31.8 Å². The maximum absolute atomic E-state index is 13.4. The second-order valence-electron chi connectivity index (χ2n) is 5.49. The lowest BCUT2D eigenvalue weighted by Crippen LogP contribution is -2.18. The first-order valence-corrected chi connectivity index (χ1v) is 7.55. The highest BCUT2D eigenvalue weighted by molar-refractivity contribution is 5.55. The van der Waals surface area contributed by atoms with E-state index >= 15 is 0 Å². The number of hydrogen-bond donors (Lipinski definition) is 1. The molecule has 0 spiro atoms. The van der Waals surface area contributed by atoms with Crippen molar-refractivity contribution in [3.63, 3.8) is 0 Å². The van der Waals surface area contributed by atoms with Gasteiger partial charge in [-0.05, 0) is 24.3 Å². The molecule has 142 valence electrons. The van der Waals surface area contributed by atoms with Crippen LogP contribution in [0.3, 0.4) is 0 Å². The highest BCUT2D eigenvalue weighted by Crippen LogP contribution is 2.29. The molecule has 3 rings (SSSR count). The molecule has 10 heteroatoms. The zero-order valence-electron chi connectivity index (χ0n) is 13.5. The third-order valence-electron chi connectivity index (χ3n) is 3.59. The summed E-state index contributed by atoms with van der Waals surface area (Å²) in [5.74, 6) is -3.47. The van der Waals surface area contributed by atoms with E-state index in [4.69, 9.17) is 5.11 Å². The van der Waals surface area contributed by atoms with Crippen molar-refractivity contribution in [3.8, 4) is 22.8 Å². The Morgan fingerprint density at radius 2 is 1.56 bits per heavy atom. The molecule has 0 aliphatic carbocycles. The third-order valence-corrected chi connectivity index (χ3v) is 3.59. The lowest BCUT2D eigenvalue weighted by molar-refractivity contribution is -0.274. The molecule has 0 unspecified atom stereocenters. The fraction of sp³-hybridized carbons (Fsp3) is 0.176. The summed E-state index contributed by atoms with van der Waals surface area (Å²) in [5.41, 5.74) is 0.559. The van der Waals surface area contributed by atoms with E-state index in [-0.39, 0.29) is 17.1 Å². The van der Waals surface area contributed by atoms with Gasteiger partial charge in [0.15, 0.2) is 5.82 Å². The molecule has 27 heavy (non-hydrogen) atoms. The van der Waals surface area contributed by atoms with E-state index in [9.17, 15) is 22.0 Å². The van der Waals surface area contributed by atoms with Crippen LogP contribution >= 0.6 is 0 Å². The molecule has 1 aromatic heterocycles. The fourth-order valence-corrected chi connectivity index (χ4v) is 2.27. The van der Waals surface area contributed by atoms with Crippen LogP contribution in [0, 0.1) is 0 Å². The molecule has 0 fully saturated rings. The van der Waals surface area contributed by atoms with Crippen LogP contribution in [0.5, 0.6) is 5.75 Å². The quantitative estimate of drug-likeness (QED) is 0.677. The van der Waals surface area contributed by atoms with Crippen molar-refractivity contribution in [2.45, 2.75) is 12.3 Å². The first kappa shape index (κ1) is 18.8. The Hall–Kier alpha value is -3.01. The minimum Gasteiger partial charge on any atom is -0.406 e. The Balaban J connectivity index is 1.79. The second kappa shape index (κ2) is 6.95. The minimum absolute atomic E-state index is 0.240. The maximum atomic E-state index is 13.4. The summed E-state index contributed by atoms with van der Waals surface area (Å²) in [7, 11) is 0. The molecule has 0 saturated carbocycles. The Morgan fingerprint density at radius 1 is 0.926 bits per heavy atom. The van der Waals surface area contributed by atoms with Crippen LogP contribution in [-0.4, -0.2) is 32.8 Å². The first-order valence-electron chi connectivity index (χ1n) is 7.55. The molecular formula is C17H12F5N3O2. The van der Waals surface area contributed by atoms with Gasteiger partial charge < -0.3 is 9.84 Å². The van der Waals surface area contributed by atoms with E-state index in [2.05, 4.69) is 14.8 Å². The lowest BCUT2D eigenvalue weighted by atomic mass is 10.1. The highest BCUT2D eigenvalue weighted by atomic mass is 19.4. The van der Waals surface area contributed by atoms with Gasteiger partial charge in [0.2, 0.25) is 0 Å². The van der Waals surface area contributed by atoms with E-state index in [1.54, 1.807) is 0 Å². The number of aliphatic hydroxyl groups is 1. The number of benzene rings is 2. The van der Waals surface area contributed by atoms with E-state index in [1.165, 1.54) is 35.3 Å². The van der Waals surface area contributed by atoms with E-state index in [0.717, 1.165) is 24.3 Å². The SMILES string of the molecule is OCC(F)(F)c1ccc(-c2ncn(-c3ccc(OC(F)(F)F)cc3)n2)cc1. The van der Waals surface area contributed by atoms with Gasteiger partial charge in [-0.1, -0.05) is 24.3 Å². The van der Waals surface area contributed by atoms with Crippen molar-refractivity contribution in [1.82, 2.24) is 14.8 Å². The number of rotatable bonds is 5. The number of halogens is 5. The Kier molecular flexibility index (Phi) is 4.83. The van der Waals surface area contributed by atoms with Crippen LogP contribution in [0.1, 0.15) is 5.56 Å². The number of aliphatic hydroxyl groups excluding tert-OH is 1. The molecular weight excluding hydrogens is 373 g/mol. The van der Waals surface area contributed by atoms with E-state index in [0.29, 0.717) is 11.3 Å². The number of nitrogens with zero attached hydrogens (tertiary/aromatic N) is 3. The second-order valence-corrected chi connectivity index (χ2v) is 5.49. The predicted molar refractivity (Wildman–Crippen MR) is 84.5 cm³/mol. The molecule has 5 nitrogen and oxygen atoms in total. The number of ether oxygens (including phenoxy) is 1. The van der Waals surface area contributed by atoms with Gasteiger partial charge in [0.05, 0.1) is 5.69 Å². The van der Waals surface area contributed by atoms with E-state index in [1.807, 2.05) is 0 Å². The van der Waals surface area contributed by atoms with Gasteiger partial charge in [0.1, 0.15) is 18.7 Å². The summed E-state index contributed by atoms with van der Waals surface area (Å²) in [5, 5.41) is 12.9. The topological polar surface area (TPSA) is 60.2 Å². The average molecular weight is 385 g/mol. The zero-order chi connectivity index (χ0) is 19.7. The molecule has 3 aromatic rings. The number of aromatic nitrogens is 3. The van der Waals surface area contributed by atoms with Crippen LogP contribution in [0.2, 0.25) is 0 Å². The van der Waals surface area contributed by atoms with Crippen molar-refractivity contribution in [2.24, 2.45) is 0 Å². The largest absolute Gasteiger partial charge is 0.573 e. The molecule has 1 N–H and O–H groups in total. The van der Waals surface area contributed by atoms with Crippen LogP contribution in [-0.2, 0) is 5.92 Å². The lowest BCUT2D eigenvalue weighted by Gasteiger charge is -2.13. The van der Waals surface area contributed by atoms with Gasteiger partial charge >= 0.3 is 6.36 Å². The van der Waals surface area contributed by atoms with Gasteiger partial charge in [-0.25, -0.2) is 9.67 Å². The van der Waals surface area contributed by atoms with Gasteiger partial charge in [-0.15, -0.1) is 18.3 Å².